The molecule has 0 aliphatic rings. The number of amides is 1. The van der Waals surface area contributed by atoms with Gasteiger partial charge < -0.3 is 9.73 Å². The lowest BCUT2D eigenvalue weighted by Gasteiger charge is -2.10. The Bertz CT molecular complexity index is 360. The zero-order valence-electron chi connectivity index (χ0n) is 9.97. The SMILES string of the molecule is Cc1cc(C(=O)NCC(C)CCCl)c(C)o1. The highest BCUT2D eigenvalue weighted by Crippen LogP contribution is 2.13. The minimum atomic E-state index is -0.0734. The molecule has 16 heavy (non-hydrogen) atoms. The highest BCUT2D eigenvalue weighted by molar-refractivity contribution is 6.17. The Morgan fingerprint density at radius 3 is 2.75 bits per heavy atom. The van der Waals surface area contributed by atoms with Crippen LogP contribution >= 0.6 is 11.6 Å². The predicted octanol–water partition coefficient (Wildman–Crippen LogP) is 2.89. The third-order valence-corrected chi connectivity index (χ3v) is 2.72. The second-order valence-corrected chi connectivity index (χ2v) is 4.50. The molecule has 0 saturated carbocycles. The van der Waals surface area contributed by atoms with E-state index < -0.39 is 0 Å². The number of nitrogens with one attached hydrogen (secondary N) is 1. The lowest BCUT2D eigenvalue weighted by molar-refractivity contribution is 0.0946. The van der Waals surface area contributed by atoms with Gasteiger partial charge in [-0.2, -0.15) is 0 Å². The number of hydrogen-bond acceptors (Lipinski definition) is 2. The summed E-state index contributed by atoms with van der Waals surface area (Å²) < 4.78 is 5.31. The molecule has 0 aliphatic carbocycles. The molecule has 1 unspecified atom stereocenters. The van der Waals surface area contributed by atoms with Crippen LogP contribution < -0.4 is 5.32 Å². The van der Waals surface area contributed by atoms with Crippen LogP contribution in [0.1, 0.15) is 35.2 Å². The topological polar surface area (TPSA) is 42.2 Å². The van der Waals surface area contributed by atoms with E-state index in [2.05, 4.69) is 12.2 Å². The number of aryl methyl sites for hydroxylation is 2. The van der Waals surface area contributed by atoms with Gasteiger partial charge in [-0.1, -0.05) is 6.92 Å². The second kappa shape index (κ2) is 5.94. The Balaban J connectivity index is 2.50. The van der Waals surface area contributed by atoms with Crippen LogP contribution in [-0.4, -0.2) is 18.3 Å². The van der Waals surface area contributed by atoms with E-state index in [1.54, 1.807) is 13.0 Å². The van der Waals surface area contributed by atoms with Crippen molar-refractivity contribution in [3.8, 4) is 0 Å². The summed E-state index contributed by atoms with van der Waals surface area (Å²) in [7, 11) is 0. The standard InChI is InChI=1S/C12H18ClNO2/c1-8(4-5-13)7-14-12(15)11-6-9(2)16-10(11)3/h6,8H,4-5,7H2,1-3H3,(H,14,15). The quantitative estimate of drug-likeness (QED) is 0.808. The molecule has 1 aromatic heterocycles. The maximum absolute atomic E-state index is 11.8. The minimum Gasteiger partial charge on any atom is -0.466 e. The van der Waals surface area contributed by atoms with Gasteiger partial charge >= 0.3 is 0 Å². The lowest BCUT2D eigenvalue weighted by Crippen LogP contribution is -2.28. The van der Waals surface area contributed by atoms with E-state index >= 15 is 0 Å². The summed E-state index contributed by atoms with van der Waals surface area (Å²) in [5, 5.41) is 2.88. The van der Waals surface area contributed by atoms with Crippen LogP contribution in [0.4, 0.5) is 0 Å². The molecule has 0 radical (unpaired) electrons. The van der Waals surface area contributed by atoms with Crippen LogP contribution in [0.25, 0.3) is 0 Å². The summed E-state index contributed by atoms with van der Waals surface area (Å²) >= 11 is 5.63. The van der Waals surface area contributed by atoms with Crippen molar-refractivity contribution in [2.75, 3.05) is 12.4 Å². The Kier molecular flexibility index (Phi) is 4.87. The van der Waals surface area contributed by atoms with E-state index in [9.17, 15) is 4.79 Å². The highest BCUT2D eigenvalue weighted by Gasteiger charge is 2.13. The average Bonchev–Trinajstić information content (AvgIpc) is 2.55. The Labute approximate surface area is 101 Å². The smallest absolute Gasteiger partial charge is 0.254 e. The second-order valence-electron chi connectivity index (χ2n) is 4.12. The van der Waals surface area contributed by atoms with E-state index in [4.69, 9.17) is 16.0 Å². The molecule has 0 saturated heterocycles. The molecule has 0 bridgehead atoms. The van der Waals surface area contributed by atoms with Crippen molar-refractivity contribution in [3.05, 3.63) is 23.2 Å². The zero-order chi connectivity index (χ0) is 12.1. The van der Waals surface area contributed by atoms with Crippen LogP contribution in [0, 0.1) is 19.8 Å². The van der Waals surface area contributed by atoms with Crippen molar-refractivity contribution in [2.45, 2.75) is 27.2 Å². The van der Waals surface area contributed by atoms with Crippen LogP contribution in [0.2, 0.25) is 0 Å². The minimum absolute atomic E-state index is 0.0734. The van der Waals surface area contributed by atoms with Crippen LogP contribution in [-0.2, 0) is 0 Å². The summed E-state index contributed by atoms with van der Waals surface area (Å²) in [6.45, 7) is 6.34. The summed E-state index contributed by atoms with van der Waals surface area (Å²) in [5.41, 5.74) is 0.621. The van der Waals surface area contributed by atoms with Crippen molar-refractivity contribution >= 4 is 17.5 Å². The van der Waals surface area contributed by atoms with Gasteiger partial charge in [-0.25, -0.2) is 0 Å². The molecule has 0 aliphatic heterocycles. The van der Waals surface area contributed by atoms with E-state index in [-0.39, 0.29) is 5.91 Å². The van der Waals surface area contributed by atoms with Gasteiger partial charge in [-0.3, -0.25) is 4.79 Å². The number of alkyl halides is 1. The van der Waals surface area contributed by atoms with E-state index in [1.165, 1.54) is 0 Å². The van der Waals surface area contributed by atoms with Gasteiger partial charge in [0.1, 0.15) is 11.5 Å². The Morgan fingerprint density at radius 1 is 1.56 bits per heavy atom. The van der Waals surface area contributed by atoms with Gasteiger partial charge in [-0.15, -0.1) is 11.6 Å². The van der Waals surface area contributed by atoms with Gasteiger partial charge in [-0.05, 0) is 32.3 Å². The van der Waals surface area contributed by atoms with E-state index in [0.717, 1.165) is 12.2 Å². The first-order valence-electron chi connectivity index (χ1n) is 5.45. The van der Waals surface area contributed by atoms with Gasteiger partial charge in [0.15, 0.2) is 0 Å². The van der Waals surface area contributed by atoms with Crippen molar-refractivity contribution in [1.29, 1.82) is 0 Å². The fourth-order valence-electron chi connectivity index (χ4n) is 1.51. The van der Waals surface area contributed by atoms with Crippen molar-refractivity contribution < 1.29 is 9.21 Å². The Hall–Kier alpha value is -0.960. The number of carbonyl (C=O) groups excluding carboxylic acids is 1. The lowest BCUT2D eigenvalue weighted by atomic mass is 10.1. The summed E-state index contributed by atoms with van der Waals surface area (Å²) in [5.74, 6) is 2.38. The highest BCUT2D eigenvalue weighted by atomic mass is 35.5. The molecular weight excluding hydrogens is 226 g/mol. The van der Waals surface area contributed by atoms with Crippen molar-refractivity contribution in [1.82, 2.24) is 5.32 Å². The monoisotopic (exact) mass is 243 g/mol. The molecular formula is C12H18ClNO2. The largest absolute Gasteiger partial charge is 0.466 e. The van der Waals surface area contributed by atoms with Gasteiger partial charge in [0, 0.05) is 12.4 Å². The summed E-state index contributed by atoms with van der Waals surface area (Å²) in [6, 6.07) is 1.76. The molecule has 4 heteroatoms. The van der Waals surface area contributed by atoms with Crippen molar-refractivity contribution in [3.63, 3.8) is 0 Å². The third-order valence-electron chi connectivity index (χ3n) is 2.50. The molecule has 0 aromatic carbocycles. The number of halogens is 1. The number of hydrogen-bond donors (Lipinski definition) is 1. The molecule has 1 atom stereocenters. The summed E-state index contributed by atoms with van der Waals surface area (Å²) in [6.07, 6.45) is 0.908. The molecule has 1 heterocycles. The first-order chi connectivity index (χ1) is 7.54. The van der Waals surface area contributed by atoms with Crippen molar-refractivity contribution in [2.24, 2.45) is 5.92 Å². The summed E-state index contributed by atoms with van der Waals surface area (Å²) in [4.78, 5) is 11.8. The molecule has 90 valence electrons. The van der Waals surface area contributed by atoms with Gasteiger partial charge in [0.25, 0.3) is 5.91 Å². The molecule has 1 N–H and O–H groups in total. The molecule has 1 amide bonds. The average molecular weight is 244 g/mol. The Morgan fingerprint density at radius 2 is 2.25 bits per heavy atom. The first-order valence-corrected chi connectivity index (χ1v) is 5.99. The fourth-order valence-corrected chi connectivity index (χ4v) is 1.88. The number of furan rings is 1. The normalized spacial score (nSPS) is 12.5. The third kappa shape index (κ3) is 3.56. The van der Waals surface area contributed by atoms with Crippen LogP contribution in [0.3, 0.4) is 0 Å². The van der Waals surface area contributed by atoms with E-state index in [0.29, 0.717) is 29.7 Å². The predicted molar refractivity (Wildman–Crippen MR) is 65.0 cm³/mol. The van der Waals surface area contributed by atoms with Crippen LogP contribution in [0.15, 0.2) is 10.5 Å². The molecule has 1 aromatic rings. The maximum atomic E-state index is 11.8. The van der Waals surface area contributed by atoms with Gasteiger partial charge in [0.2, 0.25) is 0 Å². The first kappa shape index (κ1) is 13.1. The molecule has 1 rings (SSSR count). The number of rotatable bonds is 5. The molecule has 0 fully saturated rings. The zero-order valence-corrected chi connectivity index (χ0v) is 10.7. The van der Waals surface area contributed by atoms with Gasteiger partial charge in [0.05, 0.1) is 5.56 Å². The fraction of sp³-hybridized carbons (Fsp3) is 0.583. The molecule has 3 nitrogen and oxygen atoms in total. The molecule has 0 spiro atoms. The number of carbonyl (C=O) groups is 1. The van der Waals surface area contributed by atoms with Crippen LogP contribution in [0.5, 0.6) is 0 Å². The van der Waals surface area contributed by atoms with E-state index in [1.807, 2.05) is 6.92 Å². The maximum Gasteiger partial charge on any atom is 0.254 e.